The number of rotatable bonds is 15. The minimum atomic E-state index is -2.03. The highest BCUT2D eigenvalue weighted by atomic mass is 35.5. The summed E-state index contributed by atoms with van der Waals surface area (Å²) in [4.78, 5) is 9.98. The summed E-state index contributed by atoms with van der Waals surface area (Å²) >= 11 is 6.93. The number of benzene rings is 1. The van der Waals surface area contributed by atoms with Crippen LogP contribution >= 0.6 is 11.6 Å². The molecule has 2 aromatic heterocycles. The molecular formula is C42H61ClFN3O7Si2. The van der Waals surface area contributed by atoms with Crippen LogP contribution in [-0.4, -0.2) is 94.7 Å². The van der Waals surface area contributed by atoms with Gasteiger partial charge < -0.3 is 32.8 Å². The van der Waals surface area contributed by atoms with Gasteiger partial charge in [0.2, 0.25) is 0 Å². The van der Waals surface area contributed by atoms with Gasteiger partial charge in [-0.1, -0.05) is 70.2 Å². The average molecular weight is 831 g/mol. The first-order valence-electron chi connectivity index (χ1n) is 20.5. The van der Waals surface area contributed by atoms with E-state index in [0.717, 1.165) is 61.4 Å². The minimum Gasteiger partial charge on any atom is -0.456 e. The number of hydrogen-bond acceptors (Lipinski definition) is 9. The number of imidazole rings is 1. The molecule has 308 valence electrons. The third-order valence-electron chi connectivity index (χ3n) is 12.1. The molecule has 56 heavy (non-hydrogen) atoms. The van der Waals surface area contributed by atoms with Crippen molar-refractivity contribution in [2.24, 2.45) is 0 Å². The number of aryl methyl sites for hydroxylation is 1. The van der Waals surface area contributed by atoms with E-state index in [1.165, 1.54) is 0 Å². The Morgan fingerprint density at radius 3 is 2.48 bits per heavy atom. The van der Waals surface area contributed by atoms with Crippen LogP contribution < -0.4 is 4.74 Å². The summed E-state index contributed by atoms with van der Waals surface area (Å²) in [5, 5.41) is 0.571. The number of aromatic nitrogens is 3. The van der Waals surface area contributed by atoms with Crippen molar-refractivity contribution in [2.45, 2.75) is 146 Å². The van der Waals surface area contributed by atoms with Crippen LogP contribution in [-0.2, 0) is 47.7 Å². The van der Waals surface area contributed by atoms with E-state index in [4.69, 9.17) is 54.4 Å². The zero-order valence-electron chi connectivity index (χ0n) is 34.5. The van der Waals surface area contributed by atoms with Crippen LogP contribution in [0.4, 0.5) is 4.39 Å². The molecular weight excluding hydrogens is 769 g/mol. The molecule has 3 aliphatic heterocycles. The molecule has 0 saturated carbocycles. The van der Waals surface area contributed by atoms with Crippen molar-refractivity contribution in [2.75, 3.05) is 33.0 Å². The lowest BCUT2D eigenvalue weighted by molar-refractivity contribution is -0.155. The third-order valence-corrected chi connectivity index (χ3v) is 18.6. The van der Waals surface area contributed by atoms with Gasteiger partial charge >= 0.3 is 6.01 Å². The minimum absolute atomic E-state index is 0.0501. The quantitative estimate of drug-likeness (QED) is 0.110. The second-order valence-electron chi connectivity index (χ2n) is 18.6. The highest BCUT2D eigenvalue weighted by molar-refractivity contribution is 6.76. The molecule has 14 heteroatoms. The first-order chi connectivity index (χ1) is 26.6. The predicted octanol–water partition coefficient (Wildman–Crippen LogP) is 9.30. The van der Waals surface area contributed by atoms with Gasteiger partial charge in [-0.25, -0.2) is 9.37 Å². The van der Waals surface area contributed by atoms with Crippen LogP contribution in [0.5, 0.6) is 6.01 Å². The molecule has 3 aromatic rings. The van der Waals surface area contributed by atoms with Gasteiger partial charge in [-0.2, -0.15) is 4.98 Å². The van der Waals surface area contributed by atoms with Crippen LogP contribution in [0.15, 0.2) is 24.3 Å². The second kappa shape index (κ2) is 17.2. The Balaban J connectivity index is 1.08. The summed E-state index contributed by atoms with van der Waals surface area (Å²) in [5.41, 5.74) is 4.54. The number of fused-ring (bicyclic) bond motifs is 3. The highest BCUT2D eigenvalue weighted by Gasteiger charge is 2.52. The first kappa shape index (κ1) is 41.9. The second-order valence-corrected chi connectivity index (χ2v) is 29.4. The molecule has 0 radical (unpaired) electrons. The van der Waals surface area contributed by atoms with Gasteiger partial charge in [-0.05, 0) is 97.4 Å². The fourth-order valence-electron chi connectivity index (χ4n) is 7.81. The molecule has 0 N–H and O–H groups in total. The standard InChI is InChI=1S/C42H61ClFN3O7Si2/c1-42(2,3)56(7,8)54-35-25-52-38-34(24-51-39(35)38)53-41-46-33-23-30(43)32(45-40(33)47(41)26-48-18-19-55(4,5)6)22-29-15-14-28-20-27(21-31(44)37(28)29)12-11-17-50-36-13-9-10-16-49-36/h11-12,20-21,23,29,34-36,38-39H,9-10,13-19,22,24-26H2,1-8H3/b12-11+/t29-,34-,35-,36?,38-,39-/m1/s1. The van der Waals surface area contributed by atoms with Gasteiger partial charge in [0, 0.05) is 21.3 Å². The van der Waals surface area contributed by atoms with Crippen molar-refractivity contribution in [3.05, 3.63) is 57.5 Å². The number of hydrogen-bond donors (Lipinski definition) is 0. The van der Waals surface area contributed by atoms with Crippen molar-refractivity contribution in [1.82, 2.24) is 14.5 Å². The van der Waals surface area contributed by atoms with Crippen molar-refractivity contribution >= 4 is 45.2 Å². The van der Waals surface area contributed by atoms with E-state index in [9.17, 15) is 0 Å². The molecule has 0 amide bonds. The summed E-state index contributed by atoms with van der Waals surface area (Å²) < 4.78 is 61.4. The molecule has 1 aliphatic carbocycles. The predicted molar refractivity (Wildman–Crippen MR) is 222 cm³/mol. The van der Waals surface area contributed by atoms with E-state index in [1.54, 1.807) is 6.07 Å². The molecule has 1 aromatic carbocycles. The van der Waals surface area contributed by atoms with E-state index in [2.05, 4.69) is 59.6 Å². The Morgan fingerprint density at radius 2 is 1.75 bits per heavy atom. The maximum Gasteiger partial charge on any atom is 0.301 e. The van der Waals surface area contributed by atoms with Crippen LogP contribution in [0.25, 0.3) is 17.2 Å². The van der Waals surface area contributed by atoms with E-state index in [0.29, 0.717) is 60.7 Å². The Morgan fingerprint density at radius 1 is 0.982 bits per heavy atom. The normalized spacial score (nSPS) is 25.8. The zero-order valence-corrected chi connectivity index (χ0v) is 37.3. The maximum atomic E-state index is 15.8. The van der Waals surface area contributed by atoms with Crippen LogP contribution in [0.2, 0.25) is 48.8 Å². The topological polar surface area (TPSA) is 95.3 Å². The molecule has 5 heterocycles. The average Bonchev–Trinajstić information content (AvgIpc) is 3.90. The van der Waals surface area contributed by atoms with E-state index in [-0.39, 0.29) is 54.2 Å². The summed E-state index contributed by atoms with van der Waals surface area (Å²) in [6.07, 6.45) is 7.92. The number of nitrogens with zero attached hydrogens (tertiary/aromatic N) is 3. The Bertz CT molecular complexity index is 1870. The molecule has 0 spiro atoms. The largest absolute Gasteiger partial charge is 0.456 e. The molecule has 0 bridgehead atoms. The highest BCUT2D eigenvalue weighted by Crippen LogP contribution is 2.42. The summed E-state index contributed by atoms with van der Waals surface area (Å²) in [5.74, 6) is -0.246. The van der Waals surface area contributed by atoms with Crippen molar-refractivity contribution in [3.8, 4) is 6.01 Å². The zero-order chi connectivity index (χ0) is 39.8. The molecule has 3 fully saturated rings. The van der Waals surface area contributed by atoms with Gasteiger partial charge in [0.05, 0.1) is 36.6 Å². The lowest BCUT2D eigenvalue weighted by Crippen LogP contribution is -2.47. The van der Waals surface area contributed by atoms with E-state index < -0.39 is 16.4 Å². The lowest BCUT2D eigenvalue weighted by atomic mass is 9.94. The van der Waals surface area contributed by atoms with E-state index in [1.807, 2.05) is 22.8 Å². The Labute approximate surface area is 338 Å². The Hall–Kier alpha value is -2.21. The fourth-order valence-corrected chi connectivity index (χ4v) is 10.1. The smallest absolute Gasteiger partial charge is 0.301 e. The molecule has 3 saturated heterocycles. The van der Waals surface area contributed by atoms with Gasteiger partial charge in [0.25, 0.3) is 0 Å². The van der Waals surface area contributed by atoms with Gasteiger partial charge in [-0.15, -0.1) is 0 Å². The fraction of sp³-hybridized carbons (Fsp3) is 0.667. The SMILES string of the molecule is CC(C)(C)[Si](C)(C)O[C@@H]1CO[C@H]2[C@@H]1OC[C@H]2Oc1nc2cc(Cl)c(C[C@H]3CCc4cc(/C=C/COC5CCCCO5)cc(F)c43)nc2n1COCC[Si](C)(C)C. The van der Waals surface area contributed by atoms with Gasteiger partial charge in [-0.3, -0.25) is 4.57 Å². The molecule has 7 rings (SSSR count). The molecule has 10 nitrogen and oxygen atoms in total. The summed E-state index contributed by atoms with van der Waals surface area (Å²) in [6, 6.07) is 6.96. The summed E-state index contributed by atoms with van der Waals surface area (Å²) in [6.45, 7) is 21.1. The van der Waals surface area contributed by atoms with Crippen molar-refractivity contribution in [3.63, 3.8) is 0 Å². The van der Waals surface area contributed by atoms with Crippen molar-refractivity contribution in [1.29, 1.82) is 0 Å². The van der Waals surface area contributed by atoms with Gasteiger partial charge in [0.15, 0.2) is 26.4 Å². The third kappa shape index (κ3) is 9.63. The van der Waals surface area contributed by atoms with E-state index >= 15 is 4.39 Å². The monoisotopic (exact) mass is 829 g/mol. The van der Waals surface area contributed by atoms with Crippen LogP contribution in [0.3, 0.4) is 0 Å². The number of pyridine rings is 1. The van der Waals surface area contributed by atoms with Crippen molar-refractivity contribution < 1.29 is 37.2 Å². The van der Waals surface area contributed by atoms with Crippen LogP contribution in [0, 0.1) is 5.82 Å². The summed E-state index contributed by atoms with van der Waals surface area (Å²) in [7, 11) is -3.35. The number of halogens is 2. The van der Waals surface area contributed by atoms with Gasteiger partial charge in [0.1, 0.15) is 30.3 Å². The maximum absolute atomic E-state index is 15.8. The first-order valence-corrected chi connectivity index (χ1v) is 27.5. The lowest BCUT2D eigenvalue weighted by Gasteiger charge is -2.39. The molecule has 6 atom stereocenters. The van der Waals surface area contributed by atoms with Crippen LogP contribution in [0.1, 0.15) is 74.8 Å². The Kier molecular flexibility index (Phi) is 12.9. The molecule has 4 aliphatic rings. The number of ether oxygens (including phenoxy) is 6. The molecule has 1 unspecified atom stereocenters.